The summed E-state index contributed by atoms with van der Waals surface area (Å²) >= 11 is 0. The molecule has 8 nitrogen and oxygen atoms in total. The number of methoxy groups -OCH3 is 1. The third-order valence-corrected chi connectivity index (χ3v) is 2.33. The second-order valence-corrected chi connectivity index (χ2v) is 3.33. The average molecular weight is 231 g/mol. The summed E-state index contributed by atoms with van der Waals surface area (Å²) in [5.41, 5.74) is 0. The van der Waals surface area contributed by atoms with Crippen LogP contribution in [0.25, 0.3) is 0 Å². The van der Waals surface area contributed by atoms with Gasteiger partial charge in [-0.05, 0) is 0 Å². The van der Waals surface area contributed by atoms with Gasteiger partial charge in [-0.3, -0.25) is 14.9 Å². The van der Waals surface area contributed by atoms with Crippen LogP contribution in [0.15, 0.2) is 0 Å². The minimum absolute atomic E-state index is 0.307. The second-order valence-electron chi connectivity index (χ2n) is 3.33. The number of rotatable bonds is 2. The maximum Gasteiger partial charge on any atom is 0.409 e. The van der Waals surface area contributed by atoms with Crippen molar-refractivity contribution >= 4 is 12.0 Å². The summed E-state index contributed by atoms with van der Waals surface area (Å²) in [6.45, 7) is 0.605. The summed E-state index contributed by atoms with van der Waals surface area (Å²) in [6, 6.07) is 0. The molecule has 0 N–H and O–H groups in total. The van der Waals surface area contributed by atoms with Gasteiger partial charge in [0.2, 0.25) is 0 Å². The fourth-order valence-corrected chi connectivity index (χ4v) is 1.48. The van der Waals surface area contributed by atoms with Crippen LogP contribution < -0.4 is 0 Å². The highest BCUT2D eigenvalue weighted by Crippen LogP contribution is 2.03. The highest BCUT2D eigenvalue weighted by molar-refractivity contribution is 5.77. The molecule has 1 heterocycles. The molecule has 0 aromatic rings. The van der Waals surface area contributed by atoms with Crippen molar-refractivity contribution in [1.29, 1.82) is 0 Å². The molecule has 0 spiro atoms. The van der Waals surface area contributed by atoms with E-state index in [1.165, 1.54) is 16.9 Å². The van der Waals surface area contributed by atoms with Crippen LogP contribution in [0.4, 0.5) is 4.79 Å². The van der Waals surface area contributed by atoms with Crippen molar-refractivity contribution in [2.24, 2.45) is 0 Å². The zero-order valence-electron chi connectivity index (χ0n) is 8.92. The predicted molar refractivity (Wildman–Crippen MR) is 52.4 cm³/mol. The summed E-state index contributed by atoms with van der Waals surface area (Å²) in [5.74, 6) is -0.519. The van der Waals surface area contributed by atoms with Crippen molar-refractivity contribution in [2.45, 2.75) is 0 Å². The van der Waals surface area contributed by atoms with Crippen molar-refractivity contribution in [3.8, 4) is 0 Å². The average Bonchev–Trinajstić information content (AvgIpc) is 2.27. The standard InChI is InChI=1S/C8H13N3O5/c1-16-8(13)10-4-2-9(3-5-10)7(12)6-11(14)15/h2-6H2,1H3. The molecule has 1 rings (SSSR count). The molecule has 0 aromatic heterocycles. The van der Waals surface area contributed by atoms with Gasteiger partial charge in [-0.15, -0.1) is 0 Å². The van der Waals surface area contributed by atoms with E-state index >= 15 is 0 Å². The number of hydrogen-bond acceptors (Lipinski definition) is 5. The Bertz CT molecular complexity index is 298. The predicted octanol–water partition coefficient (Wildman–Crippen LogP) is -0.826. The second kappa shape index (κ2) is 5.29. The number of carbonyl (C=O) groups is 2. The van der Waals surface area contributed by atoms with E-state index in [2.05, 4.69) is 4.74 Å². The van der Waals surface area contributed by atoms with Crippen LogP contribution >= 0.6 is 0 Å². The summed E-state index contributed by atoms with van der Waals surface area (Å²) in [5, 5.41) is 10.1. The van der Waals surface area contributed by atoms with E-state index < -0.39 is 23.5 Å². The fraction of sp³-hybridized carbons (Fsp3) is 0.750. The van der Waals surface area contributed by atoms with Gasteiger partial charge in [0.05, 0.1) is 7.11 Å². The molecule has 0 aromatic carbocycles. The van der Waals surface area contributed by atoms with E-state index in [4.69, 9.17) is 0 Å². The van der Waals surface area contributed by atoms with Gasteiger partial charge in [-0.25, -0.2) is 4.79 Å². The molecule has 1 aliphatic rings. The van der Waals surface area contributed by atoms with Crippen LogP contribution in [0.3, 0.4) is 0 Å². The highest BCUT2D eigenvalue weighted by Gasteiger charge is 2.26. The first-order valence-corrected chi connectivity index (χ1v) is 4.77. The number of nitrogens with zero attached hydrogens (tertiary/aromatic N) is 3. The monoisotopic (exact) mass is 231 g/mol. The van der Waals surface area contributed by atoms with E-state index in [-0.39, 0.29) is 0 Å². The zero-order chi connectivity index (χ0) is 12.1. The Labute approximate surface area is 91.9 Å². The van der Waals surface area contributed by atoms with Crippen LogP contribution in [0.1, 0.15) is 0 Å². The zero-order valence-corrected chi connectivity index (χ0v) is 8.92. The van der Waals surface area contributed by atoms with Crippen LogP contribution in [0.5, 0.6) is 0 Å². The third kappa shape index (κ3) is 3.07. The minimum atomic E-state index is -0.696. The topological polar surface area (TPSA) is 93.0 Å². The van der Waals surface area contributed by atoms with Crippen molar-refractivity contribution in [3.63, 3.8) is 0 Å². The number of hydrogen-bond donors (Lipinski definition) is 0. The Balaban J connectivity index is 2.40. The molecule has 1 aliphatic heterocycles. The molecular formula is C8H13N3O5. The molecule has 0 atom stereocenters. The Morgan fingerprint density at radius 1 is 1.25 bits per heavy atom. The SMILES string of the molecule is COC(=O)N1CCN(C(=O)C[N+](=O)[O-])CC1. The number of amides is 2. The summed E-state index contributed by atoms with van der Waals surface area (Å²) in [4.78, 5) is 34.7. The summed E-state index contributed by atoms with van der Waals surface area (Å²) in [6.07, 6.45) is -0.443. The van der Waals surface area contributed by atoms with E-state index in [1.807, 2.05) is 0 Å². The lowest BCUT2D eigenvalue weighted by molar-refractivity contribution is -0.468. The summed E-state index contributed by atoms with van der Waals surface area (Å²) < 4.78 is 4.53. The maximum atomic E-state index is 11.3. The number of piperazine rings is 1. The quantitative estimate of drug-likeness (QED) is 0.457. The van der Waals surface area contributed by atoms with E-state index in [9.17, 15) is 19.7 Å². The third-order valence-electron chi connectivity index (χ3n) is 2.33. The highest BCUT2D eigenvalue weighted by atomic mass is 16.6. The lowest BCUT2D eigenvalue weighted by atomic mass is 10.3. The van der Waals surface area contributed by atoms with Gasteiger partial charge >= 0.3 is 6.09 Å². The number of nitro groups is 1. The molecule has 0 saturated carbocycles. The first kappa shape index (κ1) is 12.2. The van der Waals surface area contributed by atoms with Crippen molar-refractivity contribution in [2.75, 3.05) is 39.8 Å². The summed E-state index contributed by atoms with van der Waals surface area (Å²) in [7, 11) is 1.28. The van der Waals surface area contributed by atoms with Gasteiger partial charge in [-0.1, -0.05) is 0 Å². The van der Waals surface area contributed by atoms with Crippen LogP contribution in [-0.4, -0.2) is 66.6 Å². The van der Waals surface area contributed by atoms with Gasteiger partial charge < -0.3 is 14.5 Å². The number of ether oxygens (including phenoxy) is 1. The molecule has 0 bridgehead atoms. The largest absolute Gasteiger partial charge is 0.453 e. The molecule has 90 valence electrons. The molecule has 0 unspecified atom stereocenters. The van der Waals surface area contributed by atoms with Crippen molar-refractivity contribution < 1.29 is 19.2 Å². The Kier molecular flexibility index (Phi) is 4.03. The van der Waals surface area contributed by atoms with Crippen LogP contribution in [-0.2, 0) is 9.53 Å². The lowest BCUT2D eigenvalue weighted by Crippen LogP contribution is -2.51. The first-order chi connectivity index (χ1) is 7.54. The molecule has 2 amide bonds. The smallest absolute Gasteiger partial charge is 0.409 e. The molecular weight excluding hydrogens is 218 g/mol. The van der Waals surface area contributed by atoms with Gasteiger partial charge in [0.1, 0.15) is 0 Å². The molecule has 0 radical (unpaired) electrons. The maximum absolute atomic E-state index is 11.3. The van der Waals surface area contributed by atoms with Gasteiger partial charge in [0, 0.05) is 31.1 Å². The normalized spacial score (nSPS) is 15.8. The van der Waals surface area contributed by atoms with E-state index in [0.29, 0.717) is 26.2 Å². The van der Waals surface area contributed by atoms with Gasteiger partial charge in [0.25, 0.3) is 12.5 Å². The molecule has 0 aliphatic carbocycles. The number of carbonyl (C=O) groups excluding carboxylic acids is 2. The minimum Gasteiger partial charge on any atom is -0.453 e. The Morgan fingerprint density at radius 3 is 2.19 bits per heavy atom. The lowest BCUT2D eigenvalue weighted by Gasteiger charge is -2.32. The Hall–Kier alpha value is -1.86. The van der Waals surface area contributed by atoms with E-state index in [1.54, 1.807) is 0 Å². The molecule has 16 heavy (non-hydrogen) atoms. The van der Waals surface area contributed by atoms with Crippen LogP contribution in [0, 0.1) is 10.1 Å². The van der Waals surface area contributed by atoms with Gasteiger partial charge in [-0.2, -0.15) is 0 Å². The van der Waals surface area contributed by atoms with Crippen LogP contribution in [0.2, 0.25) is 0 Å². The Morgan fingerprint density at radius 2 is 1.75 bits per heavy atom. The van der Waals surface area contributed by atoms with Crippen molar-refractivity contribution in [3.05, 3.63) is 10.1 Å². The molecule has 8 heteroatoms. The molecule has 1 saturated heterocycles. The van der Waals surface area contributed by atoms with Gasteiger partial charge in [0.15, 0.2) is 0 Å². The van der Waals surface area contributed by atoms with Crippen molar-refractivity contribution in [1.82, 2.24) is 9.80 Å². The molecule has 1 fully saturated rings. The fourth-order valence-electron chi connectivity index (χ4n) is 1.48. The first-order valence-electron chi connectivity index (χ1n) is 4.77. The van der Waals surface area contributed by atoms with E-state index in [0.717, 1.165) is 0 Å².